The van der Waals surface area contributed by atoms with Gasteiger partial charge in [-0.1, -0.05) is 72.3 Å². The molecule has 0 fully saturated rings. The van der Waals surface area contributed by atoms with E-state index >= 15 is 0 Å². The first kappa shape index (κ1) is 18.7. The number of rotatable bonds is 6. The largest absolute Gasteiger partial charge is 0.497 e. The van der Waals surface area contributed by atoms with Crippen molar-refractivity contribution >= 4 is 29.2 Å². The lowest BCUT2D eigenvalue weighted by Crippen LogP contribution is -2.23. The highest BCUT2D eigenvalue weighted by Crippen LogP contribution is 2.23. The van der Waals surface area contributed by atoms with Gasteiger partial charge in [0.2, 0.25) is 0 Å². The monoisotopic (exact) mass is 377 g/mol. The van der Waals surface area contributed by atoms with Crippen molar-refractivity contribution in [3.63, 3.8) is 0 Å². The maximum Gasteiger partial charge on any atom is 0.252 e. The number of halogens is 1. The Labute approximate surface area is 164 Å². The molecule has 27 heavy (non-hydrogen) atoms. The number of methoxy groups -OCH3 is 1. The van der Waals surface area contributed by atoms with E-state index in [1.165, 1.54) is 0 Å². The Morgan fingerprint density at radius 2 is 1.63 bits per heavy atom. The van der Waals surface area contributed by atoms with Gasteiger partial charge in [0.25, 0.3) is 5.91 Å². The highest BCUT2D eigenvalue weighted by atomic mass is 35.5. The Morgan fingerprint density at radius 1 is 0.963 bits per heavy atom. The number of carbonyl (C=O) groups is 1. The molecule has 4 heteroatoms. The van der Waals surface area contributed by atoms with Crippen molar-refractivity contribution in [2.45, 2.75) is 6.54 Å². The highest BCUT2D eigenvalue weighted by Gasteiger charge is 2.12. The highest BCUT2D eigenvalue weighted by molar-refractivity contribution is 6.33. The summed E-state index contributed by atoms with van der Waals surface area (Å²) in [6.45, 7) is 0.426. The van der Waals surface area contributed by atoms with E-state index in [9.17, 15) is 4.79 Å². The molecule has 0 spiro atoms. The smallest absolute Gasteiger partial charge is 0.252 e. The summed E-state index contributed by atoms with van der Waals surface area (Å²) in [4.78, 5) is 12.9. The third-order valence-corrected chi connectivity index (χ3v) is 4.49. The first-order chi connectivity index (χ1) is 13.2. The molecule has 1 amide bonds. The number of hydrogen-bond acceptors (Lipinski definition) is 2. The van der Waals surface area contributed by atoms with E-state index in [0.29, 0.717) is 17.1 Å². The maximum absolute atomic E-state index is 12.9. The van der Waals surface area contributed by atoms with Gasteiger partial charge in [0.15, 0.2) is 0 Å². The van der Waals surface area contributed by atoms with Gasteiger partial charge in [-0.15, -0.1) is 0 Å². The van der Waals surface area contributed by atoms with Crippen LogP contribution in [0.2, 0.25) is 5.02 Å². The average molecular weight is 378 g/mol. The van der Waals surface area contributed by atoms with Crippen molar-refractivity contribution in [3.8, 4) is 5.75 Å². The third-order valence-electron chi connectivity index (χ3n) is 4.15. The molecule has 3 aromatic carbocycles. The lowest BCUT2D eigenvalue weighted by molar-refractivity contribution is -0.115. The molecular weight excluding hydrogens is 358 g/mol. The number of amides is 1. The molecule has 136 valence electrons. The number of carbonyl (C=O) groups excluding carboxylic acids is 1. The summed E-state index contributed by atoms with van der Waals surface area (Å²) in [5.41, 5.74) is 3.20. The molecule has 0 saturated heterocycles. The second-order valence-electron chi connectivity index (χ2n) is 5.98. The Hall–Kier alpha value is -3.04. The van der Waals surface area contributed by atoms with E-state index < -0.39 is 0 Å². The Kier molecular flexibility index (Phi) is 6.29. The summed E-state index contributed by atoms with van der Waals surface area (Å²) in [7, 11) is 1.63. The molecular formula is C23H20ClNO2. The molecule has 0 saturated carbocycles. The van der Waals surface area contributed by atoms with Crippen LogP contribution in [0.15, 0.2) is 78.9 Å². The van der Waals surface area contributed by atoms with E-state index in [-0.39, 0.29) is 5.91 Å². The average Bonchev–Trinajstić information content (AvgIpc) is 2.72. The van der Waals surface area contributed by atoms with Gasteiger partial charge in [-0.3, -0.25) is 4.79 Å². The summed E-state index contributed by atoms with van der Waals surface area (Å²) in [6, 6.07) is 24.6. The van der Waals surface area contributed by atoms with Gasteiger partial charge < -0.3 is 10.1 Å². The first-order valence-electron chi connectivity index (χ1n) is 8.60. The molecule has 0 aliphatic carbocycles. The minimum atomic E-state index is -0.156. The lowest BCUT2D eigenvalue weighted by Gasteiger charge is -2.11. The fourth-order valence-corrected chi connectivity index (χ4v) is 2.86. The van der Waals surface area contributed by atoms with Crippen LogP contribution in [0.4, 0.5) is 0 Å². The van der Waals surface area contributed by atoms with Gasteiger partial charge in [0, 0.05) is 17.1 Å². The van der Waals surface area contributed by atoms with Crippen LogP contribution in [0.25, 0.3) is 11.6 Å². The van der Waals surface area contributed by atoms with E-state index in [2.05, 4.69) is 5.32 Å². The van der Waals surface area contributed by atoms with E-state index in [4.69, 9.17) is 16.3 Å². The van der Waals surface area contributed by atoms with Gasteiger partial charge in [-0.05, 0) is 41.0 Å². The van der Waals surface area contributed by atoms with Crippen LogP contribution in [0.1, 0.15) is 16.7 Å². The molecule has 0 radical (unpaired) electrons. The molecule has 0 atom stereocenters. The molecule has 1 N–H and O–H groups in total. The Morgan fingerprint density at radius 3 is 2.30 bits per heavy atom. The normalized spacial score (nSPS) is 11.1. The van der Waals surface area contributed by atoms with Gasteiger partial charge in [0.1, 0.15) is 5.75 Å². The standard InChI is InChI=1S/C23H20ClNO2/c1-27-20-13-11-17(12-14-20)16-25-23(26)21(18-7-3-2-4-8-18)15-19-9-5-6-10-22(19)24/h2-15H,16H2,1H3,(H,25,26)/b21-15+. The fraction of sp³-hybridized carbons (Fsp3) is 0.0870. The molecule has 0 unspecified atom stereocenters. The summed E-state index contributed by atoms with van der Waals surface area (Å²) in [5.74, 6) is 0.630. The number of benzene rings is 3. The minimum absolute atomic E-state index is 0.156. The molecule has 0 aromatic heterocycles. The molecule has 0 aliphatic rings. The summed E-state index contributed by atoms with van der Waals surface area (Å²) in [5, 5.41) is 3.59. The zero-order chi connectivity index (χ0) is 19.1. The molecule has 0 aliphatic heterocycles. The van der Waals surface area contributed by atoms with Crippen LogP contribution >= 0.6 is 11.6 Å². The Balaban J connectivity index is 1.84. The lowest BCUT2D eigenvalue weighted by atomic mass is 10.0. The summed E-state index contributed by atoms with van der Waals surface area (Å²) in [6.07, 6.45) is 1.82. The molecule has 3 nitrogen and oxygen atoms in total. The second kappa shape index (κ2) is 9.06. The van der Waals surface area contributed by atoms with Gasteiger partial charge in [-0.2, -0.15) is 0 Å². The number of nitrogens with one attached hydrogen (secondary N) is 1. The first-order valence-corrected chi connectivity index (χ1v) is 8.98. The van der Waals surface area contributed by atoms with Crippen molar-refractivity contribution in [1.82, 2.24) is 5.32 Å². The quantitative estimate of drug-likeness (QED) is 0.473. The predicted octanol–water partition coefficient (Wildman–Crippen LogP) is 5.21. The topological polar surface area (TPSA) is 38.3 Å². The number of ether oxygens (including phenoxy) is 1. The van der Waals surface area contributed by atoms with Crippen LogP contribution in [-0.2, 0) is 11.3 Å². The van der Waals surface area contributed by atoms with Crippen molar-refractivity contribution in [2.24, 2.45) is 0 Å². The van der Waals surface area contributed by atoms with Gasteiger partial charge in [0.05, 0.1) is 7.11 Å². The molecule has 3 rings (SSSR count). The van der Waals surface area contributed by atoms with E-state index in [1.807, 2.05) is 84.9 Å². The van der Waals surface area contributed by atoms with Crippen molar-refractivity contribution in [3.05, 3.63) is 101 Å². The van der Waals surface area contributed by atoms with Crippen LogP contribution in [-0.4, -0.2) is 13.0 Å². The Bertz CT molecular complexity index is 934. The van der Waals surface area contributed by atoms with E-state index in [0.717, 1.165) is 22.4 Å². The summed E-state index contributed by atoms with van der Waals surface area (Å²) >= 11 is 6.27. The molecule has 0 bridgehead atoms. The van der Waals surface area contributed by atoms with Crippen molar-refractivity contribution < 1.29 is 9.53 Å². The zero-order valence-corrected chi connectivity index (χ0v) is 15.7. The zero-order valence-electron chi connectivity index (χ0n) is 15.0. The third kappa shape index (κ3) is 4.99. The van der Waals surface area contributed by atoms with Crippen LogP contribution in [0.3, 0.4) is 0 Å². The van der Waals surface area contributed by atoms with Gasteiger partial charge in [-0.25, -0.2) is 0 Å². The van der Waals surface area contributed by atoms with Crippen LogP contribution in [0.5, 0.6) is 5.75 Å². The maximum atomic E-state index is 12.9. The summed E-state index contributed by atoms with van der Waals surface area (Å²) < 4.78 is 5.16. The van der Waals surface area contributed by atoms with Crippen molar-refractivity contribution in [2.75, 3.05) is 7.11 Å². The second-order valence-corrected chi connectivity index (χ2v) is 6.38. The molecule has 3 aromatic rings. The van der Waals surface area contributed by atoms with Crippen LogP contribution in [0, 0.1) is 0 Å². The fourth-order valence-electron chi connectivity index (χ4n) is 2.67. The van der Waals surface area contributed by atoms with Crippen molar-refractivity contribution in [1.29, 1.82) is 0 Å². The van der Waals surface area contributed by atoms with Crippen LogP contribution < -0.4 is 10.1 Å². The molecule has 0 heterocycles. The van der Waals surface area contributed by atoms with E-state index in [1.54, 1.807) is 7.11 Å². The van der Waals surface area contributed by atoms with Gasteiger partial charge >= 0.3 is 0 Å². The minimum Gasteiger partial charge on any atom is -0.497 e. The number of hydrogen-bond donors (Lipinski definition) is 1. The predicted molar refractivity (Wildman–Crippen MR) is 111 cm³/mol. The SMILES string of the molecule is COc1ccc(CNC(=O)/C(=C/c2ccccc2Cl)c2ccccc2)cc1.